The smallest absolute Gasteiger partial charge is 0.267 e. The molecule has 0 saturated heterocycles. The molecule has 1 saturated carbocycles. The van der Waals surface area contributed by atoms with Crippen molar-refractivity contribution in [3.05, 3.63) is 26.8 Å². The van der Waals surface area contributed by atoms with Crippen LogP contribution in [0.3, 0.4) is 0 Å². The van der Waals surface area contributed by atoms with Crippen LogP contribution in [0.15, 0.2) is 15.6 Å². The van der Waals surface area contributed by atoms with E-state index in [-0.39, 0.29) is 11.0 Å². The Kier molecular flexibility index (Phi) is 5.12. The van der Waals surface area contributed by atoms with Crippen molar-refractivity contribution in [2.75, 3.05) is 5.75 Å². The molecule has 0 N–H and O–H groups in total. The minimum atomic E-state index is 0.0258. The average Bonchev–Trinajstić information content (AvgIpc) is 2.66. The van der Waals surface area contributed by atoms with Crippen molar-refractivity contribution < 1.29 is 0 Å². The summed E-state index contributed by atoms with van der Waals surface area (Å²) < 4.78 is 2.33. The van der Waals surface area contributed by atoms with E-state index < -0.39 is 0 Å². The standard InChI is InChI=1S/C14H21BrN2OS/c1-11-12(15)13(18)17(10-16-11)8-14(9-19)6-4-2-3-5-7-14/h10,19H,2-9H2,1H3. The molecule has 1 fully saturated rings. The first-order valence-corrected chi connectivity index (χ1v) is 8.33. The largest absolute Gasteiger partial charge is 0.298 e. The Morgan fingerprint density at radius 1 is 1.37 bits per heavy atom. The van der Waals surface area contributed by atoms with Gasteiger partial charge in [-0.2, -0.15) is 12.6 Å². The van der Waals surface area contributed by atoms with Gasteiger partial charge in [-0.05, 0) is 46.9 Å². The lowest BCUT2D eigenvalue weighted by Crippen LogP contribution is -2.34. The van der Waals surface area contributed by atoms with Crippen LogP contribution in [-0.2, 0) is 6.54 Å². The van der Waals surface area contributed by atoms with Gasteiger partial charge >= 0.3 is 0 Å². The molecular weight excluding hydrogens is 324 g/mol. The number of hydrogen-bond donors (Lipinski definition) is 1. The van der Waals surface area contributed by atoms with E-state index in [0.717, 1.165) is 30.8 Å². The van der Waals surface area contributed by atoms with Crippen LogP contribution in [-0.4, -0.2) is 15.3 Å². The summed E-state index contributed by atoms with van der Waals surface area (Å²) in [4.78, 5) is 16.5. The summed E-state index contributed by atoms with van der Waals surface area (Å²) >= 11 is 7.90. The quantitative estimate of drug-likeness (QED) is 0.671. The van der Waals surface area contributed by atoms with Crippen LogP contribution < -0.4 is 5.56 Å². The monoisotopic (exact) mass is 344 g/mol. The maximum Gasteiger partial charge on any atom is 0.267 e. The first kappa shape index (κ1) is 15.1. The van der Waals surface area contributed by atoms with Crippen LogP contribution in [0.1, 0.15) is 44.2 Å². The highest BCUT2D eigenvalue weighted by Gasteiger charge is 2.30. The van der Waals surface area contributed by atoms with Crippen molar-refractivity contribution >= 4 is 28.6 Å². The minimum absolute atomic E-state index is 0.0258. The number of aryl methyl sites for hydroxylation is 1. The first-order valence-electron chi connectivity index (χ1n) is 6.90. The molecule has 0 spiro atoms. The average molecular weight is 345 g/mol. The van der Waals surface area contributed by atoms with E-state index in [0.29, 0.717) is 4.47 Å². The van der Waals surface area contributed by atoms with Gasteiger partial charge in [-0.15, -0.1) is 0 Å². The van der Waals surface area contributed by atoms with Gasteiger partial charge in [0.05, 0.1) is 12.0 Å². The third-order valence-corrected chi connectivity index (χ3v) is 5.75. The number of thiol groups is 1. The summed E-state index contributed by atoms with van der Waals surface area (Å²) in [6, 6.07) is 0. The molecule has 0 atom stereocenters. The Bertz CT molecular complexity index is 493. The molecule has 0 radical (unpaired) electrons. The fraction of sp³-hybridized carbons (Fsp3) is 0.714. The Morgan fingerprint density at radius 2 is 2.00 bits per heavy atom. The van der Waals surface area contributed by atoms with Gasteiger partial charge in [0, 0.05) is 6.54 Å². The summed E-state index contributed by atoms with van der Waals surface area (Å²) in [7, 11) is 0. The van der Waals surface area contributed by atoms with Gasteiger partial charge in [-0.3, -0.25) is 9.36 Å². The highest BCUT2D eigenvalue weighted by molar-refractivity contribution is 9.10. The molecule has 1 aliphatic rings. The van der Waals surface area contributed by atoms with Gasteiger partial charge < -0.3 is 0 Å². The molecule has 2 rings (SSSR count). The molecular formula is C14H21BrN2OS. The Labute approximate surface area is 128 Å². The third-order valence-electron chi connectivity index (χ3n) is 4.16. The van der Waals surface area contributed by atoms with Gasteiger partial charge in [-0.25, -0.2) is 4.98 Å². The Morgan fingerprint density at radius 3 is 2.58 bits per heavy atom. The van der Waals surface area contributed by atoms with Crippen molar-refractivity contribution in [1.29, 1.82) is 0 Å². The lowest BCUT2D eigenvalue weighted by atomic mass is 9.82. The number of halogens is 1. The lowest BCUT2D eigenvalue weighted by molar-refractivity contribution is 0.236. The third kappa shape index (κ3) is 3.43. The molecule has 0 aliphatic heterocycles. The maximum atomic E-state index is 12.3. The highest BCUT2D eigenvalue weighted by Crippen LogP contribution is 2.37. The van der Waals surface area contributed by atoms with Gasteiger partial charge in [0.25, 0.3) is 5.56 Å². The molecule has 106 valence electrons. The Hall–Kier alpha value is -0.290. The highest BCUT2D eigenvalue weighted by atomic mass is 79.9. The number of aromatic nitrogens is 2. The van der Waals surface area contributed by atoms with E-state index in [2.05, 4.69) is 33.5 Å². The zero-order valence-corrected chi connectivity index (χ0v) is 13.8. The molecule has 1 heterocycles. The molecule has 3 nitrogen and oxygen atoms in total. The number of hydrogen-bond acceptors (Lipinski definition) is 3. The molecule has 0 unspecified atom stereocenters. The van der Waals surface area contributed by atoms with Crippen molar-refractivity contribution in [2.24, 2.45) is 5.41 Å². The van der Waals surface area contributed by atoms with Gasteiger partial charge in [-0.1, -0.05) is 25.7 Å². The molecule has 1 aromatic rings. The molecule has 1 aliphatic carbocycles. The lowest BCUT2D eigenvalue weighted by Gasteiger charge is -2.31. The SMILES string of the molecule is Cc1ncn(CC2(CS)CCCCCC2)c(=O)c1Br. The summed E-state index contributed by atoms with van der Waals surface area (Å²) in [6.45, 7) is 2.58. The zero-order chi connectivity index (χ0) is 13.9. The Balaban J connectivity index is 2.27. The second-order valence-corrected chi connectivity index (χ2v) is 6.76. The summed E-state index contributed by atoms with van der Waals surface area (Å²) in [5, 5.41) is 0. The van der Waals surface area contributed by atoms with E-state index in [4.69, 9.17) is 0 Å². The summed E-state index contributed by atoms with van der Waals surface area (Å²) in [5.41, 5.74) is 0.930. The molecule has 0 amide bonds. The molecule has 19 heavy (non-hydrogen) atoms. The summed E-state index contributed by atoms with van der Waals surface area (Å²) in [6.07, 6.45) is 9.10. The molecule has 0 aromatic carbocycles. The van der Waals surface area contributed by atoms with Crippen LogP contribution in [0.5, 0.6) is 0 Å². The number of nitrogens with zero attached hydrogens (tertiary/aromatic N) is 2. The predicted molar refractivity (Wildman–Crippen MR) is 84.9 cm³/mol. The normalized spacial score (nSPS) is 19.1. The van der Waals surface area contributed by atoms with E-state index in [1.165, 1.54) is 25.7 Å². The van der Waals surface area contributed by atoms with Crippen molar-refractivity contribution in [1.82, 2.24) is 9.55 Å². The van der Waals surface area contributed by atoms with E-state index in [1.807, 2.05) is 6.92 Å². The second kappa shape index (κ2) is 6.44. The fourth-order valence-corrected chi connectivity index (χ4v) is 3.61. The van der Waals surface area contributed by atoms with Crippen LogP contribution in [0, 0.1) is 12.3 Å². The van der Waals surface area contributed by atoms with E-state index >= 15 is 0 Å². The van der Waals surface area contributed by atoms with Gasteiger partial charge in [0.2, 0.25) is 0 Å². The van der Waals surface area contributed by atoms with E-state index in [1.54, 1.807) is 10.9 Å². The maximum absolute atomic E-state index is 12.3. The fourth-order valence-electron chi connectivity index (χ4n) is 2.87. The topological polar surface area (TPSA) is 34.9 Å². The van der Waals surface area contributed by atoms with Gasteiger partial charge in [0.1, 0.15) is 4.47 Å². The van der Waals surface area contributed by atoms with Crippen LogP contribution in [0.25, 0.3) is 0 Å². The first-order chi connectivity index (χ1) is 9.08. The van der Waals surface area contributed by atoms with Crippen molar-refractivity contribution in [2.45, 2.75) is 52.0 Å². The molecule has 5 heteroatoms. The molecule has 0 bridgehead atoms. The van der Waals surface area contributed by atoms with Gasteiger partial charge in [0.15, 0.2) is 0 Å². The predicted octanol–water partition coefficient (Wildman–Crippen LogP) is 3.58. The van der Waals surface area contributed by atoms with E-state index in [9.17, 15) is 4.79 Å². The van der Waals surface area contributed by atoms with Crippen molar-refractivity contribution in [3.63, 3.8) is 0 Å². The van der Waals surface area contributed by atoms with Crippen molar-refractivity contribution in [3.8, 4) is 0 Å². The zero-order valence-electron chi connectivity index (χ0n) is 11.4. The summed E-state index contributed by atoms with van der Waals surface area (Å²) in [5.74, 6) is 0.838. The van der Waals surface area contributed by atoms with Crippen LogP contribution in [0.4, 0.5) is 0 Å². The molecule has 1 aromatic heterocycles. The van der Waals surface area contributed by atoms with Crippen LogP contribution >= 0.6 is 28.6 Å². The second-order valence-electron chi connectivity index (χ2n) is 5.65. The van der Waals surface area contributed by atoms with Crippen LogP contribution in [0.2, 0.25) is 0 Å². The number of rotatable bonds is 3. The minimum Gasteiger partial charge on any atom is -0.298 e.